The monoisotopic (exact) mass is 292 g/mol. The molecular weight excluding hydrogens is 279 g/mol. The van der Waals surface area contributed by atoms with Gasteiger partial charge in [-0.05, 0) is 19.1 Å². The van der Waals surface area contributed by atoms with Crippen LogP contribution in [0, 0.1) is 5.41 Å². The lowest BCUT2D eigenvalue weighted by molar-refractivity contribution is 0.981. The van der Waals surface area contributed by atoms with Gasteiger partial charge >= 0.3 is 0 Å². The zero-order valence-electron chi connectivity index (χ0n) is 10.7. The normalized spacial score (nSPS) is 17.3. The topological polar surface area (TPSA) is 35.9 Å². The van der Waals surface area contributed by atoms with E-state index in [9.17, 15) is 0 Å². The molecule has 0 spiro atoms. The first kappa shape index (κ1) is 13.9. The second-order valence-electron chi connectivity index (χ2n) is 4.23. The van der Waals surface area contributed by atoms with Gasteiger partial charge in [0.1, 0.15) is 0 Å². The molecule has 2 N–H and O–H groups in total. The van der Waals surface area contributed by atoms with E-state index in [1.54, 1.807) is 12.1 Å². The van der Waals surface area contributed by atoms with Gasteiger partial charge in [-0.15, -0.1) is 0 Å². The van der Waals surface area contributed by atoms with Crippen molar-refractivity contribution in [3.63, 3.8) is 0 Å². The molecule has 2 nitrogen and oxygen atoms in total. The Kier molecular flexibility index (Phi) is 4.13. The fourth-order valence-electron chi connectivity index (χ4n) is 1.93. The van der Waals surface area contributed by atoms with E-state index < -0.39 is 0 Å². The summed E-state index contributed by atoms with van der Waals surface area (Å²) in [6.45, 7) is 1.95. The molecule has 4 heteroatoms. The fourth-order valence-corrected chi connectivity index (χ4v) is 2.44. The quantitative estimate of drug-likeness (QED) is 0.829. The number of allylic oxidation sites excluding steroid dienone is 6. The zero-order chi connectivity index (χ0) is 14.0. The van der Waals surface area contributed by atoms with E-state index in [4.69, 9.17) is 28.6 Å². The molecule has 0 fully saturated rings. The van der Waals surface area contributed by atoms with Gasteiger partial charge in [0.2, 0.25) is 0 Å². The van der Waals surface area contributed by atoms with Gasteiger partial charge < -0.3 is 5.32 Å². The molecule has 19 heavy (non-hydrogen) atoms. The van der Waals surface area contributed by atoms with Crippen molar-refractivity contribution < 1.29 is 0 Å². The van der Waals surface area contributed by atoms with Gasteiger partial charge in [0.15, 0.2) is 0 Å². The standard InChI is InChI=1S/C15H14Cl2N2/c1-9(19-2)11-4-3-5-13(15(11)18)12-7-6-10(16)8-14(12)17/h3-8,18-19H,1-2H3/b11-9-,18-15?. The van der Waals surface area contributed by atoms with Crippen molar-refractivity contribution in [3.05, 3.63) is 63.3 Å². The number of hydrogen-bond donors (Lipinski definition) is 2. The second-order valence-corrected chi connectivity index (χ2v) is 5.07. The molecule has 1 aliphatic carbocycles. The van der Waals surface area contributed by atoms with Gasteiger partial charge in [0.25, 0.3) is 0 Å². The molecule has 0 atom stereocenters. The van der Waals surface area contributed by atoms with E-state index in [-0.39, 0.29) is 0 Å². The Morgan fingerprint density at radius 1 is 1.26 bits per heavy atom. The first-order valence-electron chi connectivity index (χ1n) is 5.86. The SMILES string of the molecule is CN/C(C)=C1/C=CC=C(c2ccc(Cl)cc2Cl)C1=N. The minimum Gasteiger partial charge on any atom is -0.391 e. The highest BCUT2D eigenvalue weighted by Crippen LogP contribution is 2.31. The Bertz CT molecular complexity index is 625. The molecule has 0 saturated carbocycles. The van der Waals surface area contributed by atoms with Crippen LogP contribution in [0.25, 0.3) is 5.57 Å². The van der Waals surface area contributed by atoms with Crippen molar-refractivity contribution in [3.8, 4) is 0 Å². The molecule has 1 aromatic rings. The lowest BCUT2D eigenvalue weighted by Gasteiger charge is -2.17. The van der Waals surface area contributed by atoms with Crippen LogP contribution in [-0.4, -0.2) is 12.8 Å². The lowest BCUT2D eigenvalue weighted by atomic mass is 9.91. The first-order valence-corrected chi connectivity index (χ1v) is 6.62. The van der Waals surface area contributed by atoms with Crippen LogP contribution in [0.3, 0.4) is 0 Å². The molecule has 0 heterocycles. The van der Waals surface area contributed by atoms with Crippen LogP contribution in [0.4, 0.5) is 0 Å². The Morgan fingerprint density at radius 3 is 2.63 bits per heavy atom. The summed E-state index contributed by atoms with van der Waals surface area (Å²) in [5, 5.41) is 12.5. The van der Waals surface area contributed by atoms with E-state index in [1.807, 2.05) is 38.3 Å². The predicted molar refractivity (Wildman–Crippen MR) is 83.1 cm³/mol. The van der Waals surface area contributed by atoms with Crippen molar-refractivity contribution >= 4 is 34.5 Å². The maximum absolute atomic E-state index is 8.32. The molecule has 0 amide bonds. The Hall–Kier alpha value is -1.51. The number of benzene rings is 1. The molecule has 2 rings (SSSR count). The summed E-state index contributed by atoms with van der Waals surface area (Å²) in [6, 6.07) is 5.32. The third kappa shape index (κ3) is 2.75. The third-order valence-corrected chi connectivity index (χ3v) is 3.61. The van der Waals surface area contributed by atoms with Crippen molar-refractivity contribution in [1.29, 1.82) is 5.41 Å². The smallest absolute Gasteiger partial charge is 0.0708 e. The van der Waals surface area contributed by atoms with Crippen LogP contribution in [0.2, 0.25) is 10.0 Å². The largest absolute Gasteiger partial charge is 0.391 e. The third-order valence-electron chi connectivity index (χ3n) is 3.06. The summed E-state index contributed by atoms with van der Waals surface area (Å²) in [6.07, 6.45) is 5.74. The van der Waals surface area contributed by atoms with E-state index in [2.05, 4.69) is 5.32 Å². The van der Waals surface area contributed by atoms with Gasteiger partial charge in [-0.1, -0.05) is 47.5 Å². The van der Waals surface area contributed by atoms with Crippen LogP contribution >= 0.6 is 23.2 Å². The zero-order valence-corrected chi connectivity index (χ0v) is 12.2. The summed E-state index contributed by atoms with van der Waals surface area (Å²) in [7, 11) is 1.84. The van der Waals surface area contributed by atoms with E-state index >= 15 is 0 Å². The van der Waals surface area contributed by atoms with Gasteiger partial charge in [-0.25, -0.2) is 0 Å². The number of rotatable bonds is 2. The summed E-state index contributed by atoms with van der Waals surface area (Å²) in [4.78, 5) is 0. The van der Waals surface area contributed by atoms with Crippen molar-refractivity contribution in [2.75, 3.05) is 7.05 Å². The first-order chi connectivity index (χ1) is 9.04. The van der Waals surface area contributed by atoms with Gasteiger partial charge in [-0.3, -0.25) is 5.41 Å². The molecular formula is C15H14Cl2N2. The fraction of sp³-hybridized carbons (Fsp3) is 0.133. The molecule has 0 aliphatic heterocycles. The summed E-state index contributed by atoms with van der Waals surface area (Å²) >= 11 is 12.1. The van der Waals surface area contributed by atoms with Crippen LogP contribution in [0.5, 0.6) is 0 Å². The summed E-state index contributed by atoms with van der Waals surface area (Å²) < 4.78 is 0. The second kappa shape index (κ2) is 5.64. The van der Waals surface area contributed by atoms with Crippen LogP contribution in [-0.2, 0) is 0 Å². The Morgan fingerprint density at radius 2 is 2.00 bits per heavy atom. The maximum Gasteiger partial charge on any atom is 0.0708 e. The minimum absolute atomic E-state index is 0.457. The van der Waals surface area contributed by atoms with Crippen LogP contribution in [0.15, 0.2) is 47.7 Å². The highest BCUT2D eigenvalue weighted by molar-refractivity contribution is 6.40. The van der Waals surface area contributed by atoms with Gasteiger partial charge in [-0.2, -0.15) is 0 Å². The molecule has 0 aromatic heterocycles. The Labute approximate surface area is 122 Å². The highest BCUT2D eigenvalue weighted by Gasteiger charge is 2.17. The predicted octanol–water partition coefficient (Wildman–Crippen LogP) is 4.46. The molecule has 0 saturated heterocycles. The molecule has 0 bridgehead atoms. The average Bonchev–Trinajstić information content (AvgIpc) is 2.39. The maximum atomic E-state index is 8.32. The Balaban J connectivity index is 2.49. The van der Waals surface area contributed by atoms with Crippen molar-refractivity contribution in [2.24, 2.45) is 0 Å². The van der Waals surface area contributed by atoms with Crippen molar-refractivity contribution in [2.45, 2.75) is 6.92 Å². The number of halogens is 2. The molecule has 1 aliphatic rings. The average molecular weight is 293 g/mol. The van der Waals surface area contributed by atoms with Crippen molar-refractivity contribution in [1.82, 2.24) is 5.32 Å². The molecule has 1 aromatic carbocycles. The number of nitrogens with one attached hydrogen (secondary N) is 2. The number of hydrogen-bond acceptors (Lipinski definition) is 2. The lowest BCUT2D eigenvalue weighted by Crippen LogP contribution is -2.14. The van der Waals surface area contributed by atoms with Crippen LogP contribution < -0.4 is 5.32 Å². The van der Waals surface area contributed by atoms with E-state index in [0.717, 1.165) is 22.4 Å². The van der Waals surface area contributed by atoms with Gasteiger partial charge in [0, 0.05) is 39.5 Å². The minimum atomic E-state index is 0.457. The summed E-state index contributed by atoms with van der Waals surface area (Å²) in [5.41, 5.74) is 3.90. The molecule has 98 valence electrons. The molecule has 0 unspecified atom stereocenters. The molecule has 0 radical (unpaired) electrons. The van der Waals surface area contributed by atoms with Crippen LogP contribution in [0.1, 0.15) is 12.5 Å². The van der Waals surface area contributed by atoms with E-state index in [1.165, 1.54) is 0 Å². The highest BCUT2D eigenvalue weighted by atomic mass is 35.5. The van der Waals surface area contributed by atoms with E-state index in [0.29, 0.717) is 15.8 Å². The summed E-state index contributed by atoms with van der Waals surface area (Å²) in [5.74, 6) is 0. The van der Waals surface area contributed by atoms with Gasteiger partial charge in [0.05, 0.1) is 5.71 Å².